The van der Waals surface area contributed by atoms with E-state index in [-0.39, 0.29) is 10.6 Å². The highest BCUT2D eigenvalue weighted by Crippen LogP contribution is 2.34. The summed E-state index contributed by atoms with van der Waals surface area (Å²) in [6.07, 6.45) is 4.96. The number of non-ortho nitro benzene ring substituents is 1. The summed E-state index contributed by atoms with van der Waals surface area (Å²) in [6.45, 7) is 0.490. The van der Waals surface area contributed by atoms with Crippen molar-refractivity contribution in [1.29, 1.82) is 0 Å². The molecule has 0 unspecified atom stereocenters. The molecule has 0 N–H and O–H groups in total. The number of benzene rings is 1. The Balaban J connectivity index is 1.71. The van der Waals surface area contributed by atoms with E-state index in [4.69, 9.17) is 4.98 Å². The number of hydrogen-bond acceptors (Lipinski definition) is 4. The molecule has 1 saturated carbocycles. The van der Waals surface area contributed by atoms with Crippen LogP contribution in [0.15, 0.2) is 41.0 Å². The van der Waals surface area contributed by atoms with Gasteiger partial charge in [-0.05, 0) is 47.0 Å². The Morgan fingerprint density at radius 2 is 1.96 bits per heavy atom. The molecule has 2 aromatic heterocycles. The van der Waals surface area contributed by atoms with Crippen molar-refractivity contribution in [1.82, 2.24) is 14.8 Å². The fourth-order valence-electron chi connectivity index (χ4n) is 3.63. The molecule has 6 nitrogen and oxygen atoms in total. The minimum Gasteiger partial charge on any atom is -0.258 e. The van der Waals surface area contributed by atoms with Gasteiger partial charge < -0.3 is 0 Å². The van der Waals surface area contributed by atoms with Crippen LogP contribution in [0.2, 0.25) is 0 Å². The van der Waals surface area contributed by atoms with E-state index >= 15 is 0 Å². The molecule has 128 valence electrons. The van der Waals surface area contributed by atoms with Gasteiger partial charge in [0.25, 0.3) is 5.69 Å². The summed E-state index contributed by atoms with van der Waals surface area (Å²) in [6, 6.07) is 11.2. The molecule has 1 aliphatic rings. The molecule has 0 radical (unpaired) electrons. The molecule has 3 aromatic rings. The van der Waals surface area contributed by atoms with Gasteiger partial charge in [0.15, 0.2) is 0 Å². The van der Waals surface area contributed by atoms with Gasteiger partial charge in [-0.1, -0.05) is 25.0 Å². The van der Waals surface area contributed by atoms with E-state index in [2.05, 4.69) is 27.1 Å². The first-order chi connectivity index (χ1) is 12.1. The van der Waals surface area contributed by atoms with Crippen LogP contribution in [-0.4, -0.2) is 19.7 Å². The van der Waals surface area contributed by atoms with E-state index in [0.717, 1.165) is 16.9 Å². The third-order valence-electron chi connectivity index (χ3n) is 4.82. The summed E-state index contributed by atoms with van der Waals surface area (Å²) in [7, 11) is 0. The molecule has 0 aliphatic heterocycles. The zero-order valence-corrected chi connectivity index (χ0v) is 15.1. The Morgan fingerprint density at radius 3 is 2.72 bits per heavy atom. The average Bonchev–Trinajstić information content (AvgIpc) is 3.24. The Morgan fingerprint density at radius 1 is 1.20 bits per heavy atom. The highest BCUT2D eigenvalue weighted by Gasteiger charge is 2.21. The van der Waals surface area contributed by atoms with Crippen LogP contribution >= 0.6 is 15.9 Å². The Labute approximate surface area is 153 Å². The van der Waals surface area contributed by atoms with Crippen LogP contribution < -0.4 is 0 Å². The lowest BCUT2D eigenvalue weighted by molar-refractivity contribution is -0.383. The van der Waals surface area contributed by atoms with E-state index in [1.165, 1.54) is 31.7 Å². The maximum Gasteiger partial charge on any atom is 0.281 e. The quantitative estimate of drug-likeness (QED) is 0.465. The van der Waals surface area contributed by atoms with Crippen LogP contribution in [0, 0.1) is 10.1 Å². The summed E-state index contributed by atoms with van der Waals surface area (Å²) < 4.78 is 2.26. The van der Waals surface area contributed by atoms with E-state index in [9.17, 15) is 10.1 Å². The van der Waals surface area contributed by atoms with Crippen LogP contribution in [0.4, 0.5) is 5.69 Å². The molecule has 0 saturated heterocycles. The van der Waals surface area contributed by atoms with Crippen molar-refractivity contribution >= 4 is 32.5 Å². The molecule has 0 amide bonds. The lowest BCUT2D eigenvalue weighted by Gasteiger charge is -2.10. The van der Waals surface area contributed by atoms with Gasteiger partial charge >= 0.3 is 0 Å². The van der Waals surface area contributed by atoms with E-state index < -0.39 is 0 Å². The number of nitrogens with zero attached hydrogens (tertiary/aromatic N) is 4. The van der Waals surface area contributed by atoms with Crippen molar-refractivity contribution in [2.75, 3.05) is 0 Å². The first kappa shape index (κ1) is 16.2. The summed E-state index contributed by atoms with van der Waals surface area (Å²) >= 11 is 3.36. The molecule has 7 heteroatoms. The minimum absolute atomic E-state index is 0.0586. The largest absolute Gasteiger partial charge is 0.281 e. The molecule has 1 aromatic carbocycles. The Kier molecular flexibility index (Phi) is 4.25. The van der Waals surface area contributed by atoms with E-state index in [0.29, 0.717) is 22.5 Å². The molecular weight excluding hydrogens is 384 g/mol. The monoisotopic (exact) mass is 400 g/mol. The second-order valence-electron chi connectivity index (χ2n) is 6.41. The van der Waals surface area contributed by atoms with Crippen molar-refractivity contribution in [3.63, 3.8) is 0 Å². The van der Waals surface area contributed by atoms with Crippen LogP contribution in [0.5, 0.6) is 0 Å². The van der Waals surface area contributed by atoms with Gasteiger partial charge in [-0.2, -0.15) is 5.10 Å². The number of nitro groups is 1. The number of fused-ring (bicyclic) bond motifs is 1. The molecule has 1 aliphatic carbocycles. The summed E-state index contributed by atoms with van der Waals surface area (Å²) in [4.78, 5) is 15.7. The van der Waals surface area contributed by atoms with Crippen LogP contribution in [0.1, 0.15) is 43.0 Å². The van der Waals surface area contributed by atoms with Crippen molar-refractivity contribution in [2.24, 2.45) is 0 Å². The van der Waals surface area contributed by atoms with E-state index in [1.807, 2.05) is 18.2 Å². The van der Waals surface area contributed by atoms with Gasteiger partial charge in [-0.25, -0.2) is 0 Å². The lowest BCUT2D eigenvalue weighted by atomic mass is 10.0. The fourth-order valence-corrected chi connectivity index (χ4v) is 4.22. The normalized spacial score (nSPS) is 15.1. The topological polar surface area (TPSA) is 73.8 Å². The van der Waals surface area contributed by atoms with Gasteiger partial charge in [0.05, 0.1) is 22.7 Å². The number of pyridine rings is 1. The zero-order chi connectivity index (χ0) is 17.4. The number of aromatic nitrogens is 3. The van der Waals surface area contributed by atoms with Gasteiger partial charge in [-0.15, -0.1) is 0 Å². The van der Waals surface area contributed by atoms with E-state index in [1.54, 1.807) is 10.7 Å². The van der Waals surface area contributed by atoms with Gasteiger partial charge in [0.2, 0.25) is 0 Å². The van der Waals surface area contributed by atoms with Crippen molar-refractivity contribution in [3.05, 3.63) is 62.5 Å². The predicted octanol–water partition coefficient (Wildman–Crippen LogP) is 4.81. The van der Waals surface area contributed by atoms with Crippen molar-refractivity contribution in [2.45, 2.75) is 38.1 Å². The van der Waals surface area contributed by atoms with Crippen molar-refractivity contribution < 1.29 is 4.92 Å². The Bertz CT molecular complexity index is 947. The van der Waals surface area contributed by atoms with Gasteiger partial charge in [-0.3, -0.25) is 19.8 Å². The first-order valence-corrected chi connectivity index (χ1v) is 9.18. The highest BCUT2D eigenvalue weighted by molar-refractivity contribution is 9.10. The third kappa shape index (κ3) is 3.04. The summed E-state index contributed by atoms with van der Waals surface area (Å²) in [5.41, 5.74) is 2.86. The third-order valence-corrected chi connectivity index (χ3v) is 5.38. The van der Waals surface area contributed by atoms with Crippen LogP contribution in [-0.2, 0) is 6.54 Å². The number of halogens is 1. The Hall–Kier alpha value is -2.28. The van der Waals surface area contributed by atoms with Crippen molar-refractivity contribution in [3.8, 4) is 0 Å². The zero-order valence-electron chi connectivity index (χ0n) is 13.6. The second-order valence-corrected chi connectivity index (χ2v) is 7.16. The summed E-state index contributed by atoms with van der Waals surface area (Å²) in [5, 5.41) is 16.2. The highest BCUT2D eigenvalue weighted by atomic mass is 79.9. The average molecular weight is 401 g/mol. The van der Waals surface area contributed by atoms with Crippen LogP contribution in [0.3, 0.4) is 0 Å². The maximum atomic E-state index is 11.3. The minimum atomic E-state index is -0.377. The molecule has 0 bridgehead atoms. The molecule has 1 fully saturated rings. The SMILES string of the molecule is O=[N+]([O-])c1cccc2c1c(Br)nn2Cc1cccc(C2CCCC2)n1. The number of rotatable bonds is 4. The number of hydrogen-bond donors (Lipinski definition) is 0. The smallest absolute Gasteiger partial charge is 0.258 e. The van der Waals surface area contributed by atoms with Crippen LogP contribution in [0.25, 0.3) is 10.9 Å². The first-order valence-electron chi connectivity index (χ1n) is 8.39. The molecule has 4 rings (SSSR count). The molecular formula is C18H17BrN4O2. The molecule has 25 heavy (non-hydrogen) atoms. The summed E-state index contributed by atoms with van der Waals surface area (Å²) in [5.74, 6) is 0.558. The number of nitro benzene ring substituents is 1. The molecule has 0 atom stereocenters. The lowest BCUT2D eigenvalue weighted by Crippen LogP contribution is -2.06. The van der Waals surface area contributed by atoms with Gasteiger partial charge in [0, 0.05) is 17.7 Å². The molecule has 2 heterocycles. The second kappa shape index (κ2) is 6.55. The predicted molar refractivity (Wildman–Crippen MR) is 98.6 cm³/mol. The fraction of sp³-hybridized carbons (Fsp3) is 0.333. The molecule has 0 spiro atoms. The standard InChI is InChI=1S/C18H17BrN4O2/c19-18-17-15(9-4-10-16(17)23(24)25)22(21-18)11-13-7-3-8-14(20-13)12-5-1-2-6-12/h3-4,7-10,12H,1-2,5-6,11H2. The van der Waals surface area contributed by atoms with Gasteiger partial charge in [0.1, 0.15) is 9.99 Å². The maximum absolute atomic E-state index is 11.3.